The summed E-state index contributed by atoms with van der Waals surface area (Å²) in [4.78, 5) is 12.3. The van der Waals surface area contributed by atoms with Crippen molar-refractivity contribution in [3.63, 3.8) is 0 Å². The van der Waals surface area contributed by atoms with Gasteiger partial charge in [-0.1, -0.05) is 29.3 Å². The lowest BCUT2D eigenvalue weighted by molar-refractivity contribution is 0.230. The number of rotatable bonds is 6. The van der Waals surface area contributed by atoms with Gasteiger partial charge in [0.25, 0.3) is 0 Å². The van der Waals surface area contributed by atoms with E-state index in [0.29, 0.717) is 32.8 Å². The van der Waals surface area contributed by atoms with Crippen molar-refractivity contribution >= 4 is 23.2 Å². The van der Waals surface area contributed by atoms with Crippen LogP contribution in [0.5, 0.6) is 11.5 Å². The van der Waals surface area contributed by atoms with Gasteiger partial charge in [0.05, 0.1) is 22.4 Å². The highest BCUT2D eigenvalue weighted by Crippen LogP contribution is 2.31. The monoisotopic (exact) mass is 408 g/mol. The lowest BCUT2D eigenvalue weighted by atomic mass is 10.1. The van der Waals surface area contributed by atoms with E-state index in [-0.39, 0.29) is 18.4 Å². The molecule has 3 rings (SSSR count). The molecule has 0 spiro atoms. The largest absolute Gasteiger partial charge is 0.491 e. The summed E-state index contributed by atoms with van der Waals surface area (Å²) < 4.78 is 14.1. The van der Waals surface area contributed by atoms with E-state index in [9.17, 15) is 4.79 Å². The van der Waals surface area contributed by atoms with Gasteiger partial charge in [-0.05, 0) is 48.5 Å². The molecule has 0 radical (unpaired) electrons. The Morgan fingerprint density at radius 1 is 1.11 bits per heavy atom. The zero-order valence-corrected chi connectivity index (χ0v) is 16.5. The molecule has 0 aliphatic rings. The summed E-state index contributed by atoms with van der Waals surface area (Å²) in [5, 5.41) is 8.61. The van der Waals surface area contributed by atoms with Crippen molar-refractivity contribution in [1.29, 1.82) is 0 Å². The van der Waals surface area contributed by atoms with Gasteiger partial charge in [0.1, 0.15) is 18.1 Å². The zero-order valence-electron chi connectivity index (χ0n) is 15.0. The molecule has 0 atom stereocenters. The van der Waals surface area contributed by atoms with Crippen LogP contribution >= 0.6 is 23.2 Å². The molecule has 0 saturated carbocycles. The number of aromatic nitrogens is 4. The second kappa shape index (κ2) is 8.02. The normalized spacial score (nSPS) is 11.0. The highest BCUT2D eigenvalue weighted by molar-refractivity contribution is 6.34. The first-order valence-corrected chi connectivity index (χ1v) is 8.98. The van der Waals surface area contributed by atoms with E-state index >= 15 is 0 Å². The number of ether oxygens (including phenoxy) is 2. The van der Waals surface area contributed by atoms with E-state index in [0.717, 1.165) is 4.68 Å². The molecular weight excluding hydrogens is 391 g/mol. The Labute approximate surface area is 166 Å². The summed E-state index contributed by atoms with van der Waals surface area (Å²) in [5.74, 6) is 1.01. The SMILES string of the molecule is CC(C)Oc1cccc(-n2nnn(C)c2=O)c1COc1cc(Cl)ccc1Cl. The van der Waals surface area contributed by atoms with Crippen LogP contribution in [0.2, 0.25) is 10.0 Å². The lowest BCUT2D eigenvalue weighted by Crippen LogP contribution is -2.23. The fraction of sp³-hybridized carbons (Fsp3) is 0.278. The predicted octanol–water partition coefficient (Wildman–Crippen LogP) is 3.64. The Hall–Kier alpha value is -2.51. The average molecular weight is 409 g/mol. The molecule has 27 heavy (non-hydrogen) atoms. The number of nitrogens with zero attached hydrogens (tertiary/aromatic N) is 4. The summed E-state index contributed by atoms with van der Waals surface area (Å²) in [6.45, 7) is 3.93. The van der Waals surface area contributed by atoms with Crippen LogP contribution in [0, 0.1) is 0 Å². The minimum atomic E-state index is -0.376. The van der Waals surface area contributed by atoms with Crippen LogP contribution in [0.3, 0.4) is 0 Å². The van der Waals surface area contributed by atoms with Crippen LogP contribution in [-0.4, -0.2) is 25.9 Å². The molecule has 0 bridgehead atoms. The Morgan fingerprint density at radius 2 is 1.89 bits per heavy atom. The van der Waals surface area contributed by atoms with Crippen LogP contribution in [0.15, 0.2) is 41.2 Å². The first-order valence-electron chi connectivity index (χ1n) is 8.22. The average Bonchev–Trinajstić information content (AvgIpc) is 2.95. The van der Waals surface area contributed by atoms with Crippen molar-refractivity contribution in [3.8, 4) is 17.2 Å². The fourth-order valence-electron chi connectivity index (χ4n) is 2.46. The second-order valence-electron chi connectivity index (χ2n) is 6.08. The first kappa shape index (κ1) is 19.3. The third kappa shape index (κ3) is 4.26. The summed E-state index contributed by atoms with van der Waals surface area (Å²) in [5.41, 5.74) is 0.785. The molecule has 0 aliphatic heterocycles. The predicted molar refractivity (Wildman–Crippen MR) is 103 cm³/mol. The van der Waals surface area contributed by atoms with Gasteiger partial charge in [-0.25, -0.2) is 4.79 Å². The van der Waals surface area contributed by atoms with Crippen molar-refractivity contribution in [1.82, 2.24) is 19.8 Å². The molecule has 7 nitrogen and oxygen atoms in total. The van der Waals surface area contributed by atoms with Crippen LogP contribution in [-0.2, 0) is 13.7 Å². The number of hydrogen-bond acceptors (Lipinski definition) is 5. The highest BCUT2D eigenvalue weighted by Gasteiger charge is 2.17. The molecular formula is C18H18Cl2N4O3. The third-order valence-corrected chi connectivity index (χ3v) is 4.23. The summed E-state index contributed by atoms with van der Waals surface area (Å²) in [6, 6.07) is 10.3. The van der Waals surface area contributed by atoms with E-state index < -0.39 is 0 Å². The topological polar surface area (TPSA) is 71.2 Å². The maximum Gasteiger partial charge on any atom is 0.368 e. The van der Waals surface area contributed by atoms with Gasteiger partial charge in [0, 0.05) is 18.1 Å². The van der Waals surface area contributed by atoms with Crippen LogP contribution in [0.25, 0.3) is 5.69 Å². The minimum Gasteiger partial charge on any atom is -0.491 e. The van der Waals surface area contributed by atoms with Crippen molar-refractivity contribution in [2.75, 3.05) is 0 Å². The smallest absolute Gasteiger partial charge is 0.368 e. The summed E-state index contributed by atoms with van der Waals surface area (Å²) >= 11 is 12.2. The molecule has 1 aromatic heterocycles. The van der Waals surface area contributed by atoms with Gasteiger partial charge in [-0.2, -0.15) is 9.36 Å². The molecule has 0 unspecified atom stereocenters. The van der Waals surface area contributed by atoms with Gasteiger partial charge in [0.2, 0.25) is 0 Å². The van der Waals surface area contributed by atoms with Gasteiger partial charge in [-0.3, -0.25) is 0 Å². The van der Waals surface area contributed by atoms with E-state index in [1.807, 2.05) is 19.9 Å². The molecule has 0 amide bonds. The van der Waals surface area contributed by atoms with Crippen LogP contribution < -0.4 is 15.2 Å². The van der Waals surface area contributed by atoms with Crippen molar-refractivity contribution < 1.29 is 9.47 Å². The molecule has 2 aromatic carbocycles. The molecule has 1 heterocycles. The highest BCUT2D eigenvalue weighted by atomic mass is 35.5. The van der Waals surface area contributed by atoms with Crippen molar-refractivity contribution in [2.45, 2.75) is 26.6 Å². The molecule has 0 fully saturated rings. The Kier molecular flexibility index (Phi) is 5.72. The third-order valence-electron chi connectivity index (χ3n) is 3.69. The lowest BCUT2D eigenvalue weighted by Gasteiger charge is -2.18. The number of aryl methyl sites for hydroxylation is 1. The first-order chi connectivity index (χ1) is 12.9. The van der Waals surface area contributed by atoms with Gasteiger partial charge in [0.15, 0.2) is 0 Å². The van der Waals surface area contributed by atoms with Crippen LogP contribution in [0.4, 0.5) is 0 Å². The van der Waals surface area contributed by atoms with E-state index in [2.05, 4.69) is 10.4 Å². The Bertz CT molecular complexity index is 1010. The second-order valence-corrected chi connectivity index (χ2v) is 6.92. The number of halogens is 2. The van der Waals surface area contributed by atoms with Gasteiger partial charge < -0.3 is 9.47 Å². The van der Waals surface area contributed by atoms with Crippen molar-refractivity contribution in [2.24, 2.45) is 7.05 Å². The van der Waals surface area contributed by atoms with Gasteiger partial charge in [-0.15, -0.1) is 0 Å². The van der Waals surface area contributed by atoms with Crippen LogP contribution in [0.1, 0.15) is 19.4 Å². The number of hydrogen-bond donors (Lipinski definition) is 0. The zero-order chi connectivity index (χ0) is 19.6. The maximum absolute atomic E-state index is 12.3. The summed E-state index contributed by atoms with van der Waals surface area (Å²) in [6.07, 6.45) is -0.0627. The summed E-state index contributed by atoms with van der Waals surface area (Å²) in [7, 11) is 1.53. The van der Waals surface area contributed by atoms with Crippen molar-refractivity contribution in [3.05, 3.63) is 62.5 Å². The molecule has 0 saturated heterocycles. The Balaban J connectivity index is 2.04. The molecule has 142 valence electrons. The van der Waals surface area contributed by atoms with E-state index in [1.165, 1.54) is 11.7 Å². The molecule has 3 aromatic rings. The quantitative estimate of drug-likeness (QED) is 0.622. The number of benzene rings is 2. The molecule has 9 heteroatoms. The van der Waals surface area contributed by atoms with E-state index in [1.54, 1.807) is 30.3 Å². The van der Waals surface area contributed by atoms with E-state index in [4.69, 9.17) is 32.7 Å². The fourth-order valence-corrected chi connectivity index (χ4v) is 2.80. The maximum atomic E-state index is 12.3. The molecule has 0 aliphatic carbocycles. The number of tetrazole rings is 1. The Morgan fingerprint density at radius 3 is 2.56 bits per heavy atom. The molecule has 0 N–H and O–H groups in total. The minimum absolute atomic E-state index is 0.0627. The standard InChI is InChI=1S/C18H18Cl2N4O3/c1-11(2)27-16-6-4-5-15(24-18(25)23(3)21-22-24)13(16)10-26-17-9-12(19)7-8-14(17)20/h4-9,11H,10H2,1-3H3. The van der Waals surface area contributed by atoms with Gasteiger partial charge >= 0.3 is 5.69 Å².